The van der Waals surface area contributed by atoms with Crippen LogP contribution in [0, 0.1) is 20.8 Å². The highest BCUT2D eigenvalue weighted by Crippen LogP contribution is 2.33. The van der Waals surface area contributed by atoms with Crippen LogP contribution in [-0.4, -0.2) is 0 Å². The van der Waals surface area contributed by atoms with Crippen LogP contribution in [0.5, 0.6) is 0 Å². The first-order chi connectivity index (χ1) is 10.9. The molecule has 0 atom stereocenters. The van der Waals surface area contributed by atoms with E-state index in [1.165, 1.54) is 44.4 Å². The highest BCUT2D eigenvalue weighted by atomic mass is 14.9. The van der Waals surface area contributed by atoms with E-state index in [2.05, 4.69) is 88.7 Å². The van der Waals surface area contributed by atoms with Crippen LogP contribution < -0.4 is 4.57 Å². The van der Waals surface area contributed by atoms with Gasteiger partial charge in [0.1, 0.15) is 7.05 Å². The number of fused-ring (bicyclic) bond motifs is 1. The third-order valence-electron chi connectivity index (χ3n) is 4.88. The SMILES string of the molecule is Cc1ccc(C)c(-c2c3cccc(C(C)C)c3cc(C)[n+]2C)c1. The second-order valence-electron chi connectivity index (χ2n) is 6.97. The zero-order chi connectivity index (χ0) is 16.7. The van der Waals surface area contributed by atoms with Gasteiger partial charge in [0, 0.05) is 18.6 Å². The molecule has 3 rings (SSSR count). The topological polar surface area (TPSA) is 3.88 Å². The minimum atomic E-state index is 0.525. The highest BCUT2D eigenvalue weighted by molar-refractivity contribution is 5.96. The van der Waals surface area contributed by atoms with Crippen molar-refractivity contribution in [3.63, 3.8) is 0 Å². The zero-order valence-corrected chi connectivity index (χ0v) is 15.1. The molecule has 2 aromatic carbocycles. The molecule has 0 spiro atoms. The van der Waals surface area contributed by atoms with Crippen molar-refractivity contribution in [3.8, 4) is 11.3 Å². The molecule has 1 aromatic heterocycles. The molecule has 3 aromatic rings. The summed E-state index contributed by atoms with van der Waals surface area (Å²) in [5.41, 5.74) is 8.01. The molecule has 118 valence electrons. The van der Waals surface area contributed by atoms with Crippen LogP contribution in [0.25, 0.3) is 22.0 Å². The number of aromatic nitrogens is 1. The van der Waals surface area contributed by atoms with Gasteiger partial charge in [-0.2, -0.15) is 4.57 Å². The fourth-order valence-electron chi connectivity index (χ4n) is 3.43. The van der Waals surface area contributed by atoms with Crippen LogP contribution in [0.4, 0.5) is 0 Å². The number of rotatable bonds is 2. The zero-order valence-electron chi connectivity index (χ0n) is 15.1. The normalized spacial score (nSPS) is 11.4. The van der Waals surface area contributed by atoms with E-state index in [1.54, 1.807) is 0 Å². The summed E-state index contributed by atoms with van der Waals surface area (Å²) in [4.78, 5) is 0. The summed E-state index contributed by atoms with van der Waals surface area (Å²) >= 11 is 0. The molecule has 0 radical (unpaired) electrons. The van der Waals surface area contributed by atoms with Gasteiger partial charge in [0.25, 0.3) is 0 Å². The van der Waals surface area contributed by atoms with Crippen LogP contribution in [0.2, 0.25) is 0 Å². The second kappa shape index (κ2) is 5.81. The number of benzene rings is 2. The lowest BCUT2D eigenvalue weighted by molar-refractivity contribution is -0.665. The van der Waals surface area contributed by atoms with Gasteiger partial charge in [0.05, 0.1) is 5.39 Å². The van der Waals surface area contributed by atoms with E-state index in [-0.39, 0.29) is 0 Å². The van der Waals surface area contributed by atoms with Gasteiger partial charge in [-0.05, 0) is 48.4 Å². The first-order valence-corrected chi connectivity index (χ1v) is 8.40. The largest absolute Gasteiger partial charge is 0.220 e. The molecule has 0 bridgehead atoms. The predicted octanol–water partition coefficient (Wildman–Crippen LogP) is 5.38. The summed E-state index contributed by atoms with van der Waals surface area (Å²) in [6.45, 7) is 11.1. The van der Waals surface area contributed by atoms with Gasteiger partial charge in [0.15, 0.2) is 5.69 Å². The van der Waals surface area contributed by atoms with Gasteiger partial charge in [-0.1, -0.05) is 43.7 Å². The Bertz CT molecular complexity index is 888. The summed E-state index contributed by atoms with van der Waals surface area (Å²) in [7, 11) is 2.17. The van der Waals surface area contributed by atoms with Crippen molar-refractivity contribution in [1.29, 1.82) is 0 Å². The Morgan fingerprint density at radius 1 is 0.870 bits per heavy atom. The first kappa shape index (κ1) is 15.7. The summed E-state index contributed by atoms with van der Waals surface area (Å²) in [6.07, 6.45) is 0. The maximum absolute atomic E-state index is 2.33. The Hall–Kier alpha value is -2.15. The maximum Gasteiger partial charge on any atom is 0.220 e. The van der Waals surface area contributed by atoms with Crippen molar-refractivity contribution in [3.05, 3.63) is 64.8 Å². The number of nitrogens with zero attached hydrogens (tertiary/aromatic N) is 1. The van der Waals surface area contributed by atoms with Crippen molar-refractivity contribution in [1.82, 2.24) is 0 Å². The van der Waals surface area contributed by atoms with Crippen molar-refractivity contribution in [2.45, 2.75) is 40.5 Å². The Kier molecular flexibility index (Phi) is 3.97. The molecule has 1 nitrogen and oxygen atoms in total. The minimum Gasteiger partial charge on any atom is -0.198 e. The molecule has 1 heteroatoms. The fraction of sp³-hybridized carbons (Fsp3) is 0.318. The first-order valence-electron chi connectivity index (χ1n) is 8.40. The van der Waals surface area contributed by atoms with E-state index >= 15 is 0 Å². The van der Waals surface area contributed by atoms with Crippen LogP contribution >= 0.6 is 0 Å². The lowest BCUT2D eigenvalue weighted by Gasteiger charge is -2.14. The van der Waals surface area contributed by atoms with E-state index in [4.69, 9.17) is 0 Å². The molecule has 0 aliphatic rings. The predicted molar refractivity (Wildman–Crippen MR) is 98.9 cm³/mol. The third-order valence-corrected chi connectivity index (χ3v) is 4.88. The van der Waals surface area contributed by atoms with Gasteiger partial charge in [-0.15, -0.1) is 0 Å². The minimum absolute atomic E-state index is 0.525. The van der Waals surface area contributed by atoms with Gasteiger partial charge >= 0.3 is 0 Å². The van der Waals surface area contributed by atoms with Crippen LogP contribution in [-0.2, 0) is 7.05 Å². The molecule has 0 aliphatic carbocycles. The number of hydrogen-bond acceptors (Lipinski definition) is 0. The Morgan fingerprint density at radius 2 is 1.61 bits per heavy atom. The molecule has 23 heavy (non-hydrogen) atoms. The lowest BCUT2D eigenvalue weighted by Crippen LogP contribution is -2.35. The molecule has 0 amide bonds. The highest BCUT2D eigenvalue weighted by Gasteiger charge is 2.21. The lowest BCUT2D eigenvalue weighted by atomic mass is 9.92. The van der Waals surface area contributed by atoms with E-state index in [9.17, 15) is 0 Å². The van der Waals surface area contributed by atoms with Gasteiger partial charge in [0.2, 0.25) is 5.69 Å². The summed E-state index contributed by atoms with van der Waals surface area (Å²) in [5, 5.41) is 2.73. The van der Waals surface area contributed by atoms with Crippen molar-refractivity contribution in [2.75, 3.05) is 0 Å². The van der Waals surface area contributed by atoms with Crippen LogP contribution in [0.3, 0.4) is 0 Å². The monoisotopic (exact) mass is 304 g/mol. The number of aryl methyl sites for hydroxylation is 3. The van der Waals surface area contributed by atoms with E-state index in [0.29, 0.717) is 5.92 Å². The average molecular weight is 304 g/mol. The molecule has 0 unspecified atom stereocenters. The van der Waals surface area contributed by atoms with Gasteiger partial charge in [-0.25, -0.2) is 0 Å². The van der Waals surface area contributed by atoms with Crippen molar-refractivity contribution in [2.24, 2.45) is 7.05 Å². The van der Waals surface area contributed by atoms with Gasteiger partial charge in [-0.3, -0.25) is 0 Å². The number of hydrogen-bond donors (Lipinski definition) is 0. The van der Waals surface area contributed by atoms with E-state index in [0.717, 1.165) is 0 Å². The van der Waals surface area contributed by atoms with Gasteiger partial charge < -0.3 is 0 Å². The van der Waals surface area contributed by atoms with E-state index < -0.39 is 0 Å². The summed E-state index contributed by atoms with van der Waals surface area (Å²) < 4.78 is 2.33. The molecule has 0 aliphatic heterocycles. The van der Waals surface area contributed by atoms with Crippen LogP contribution in [0.1, 0.15) is 42.1 Å². The van der Waals surface area contributed by atoms with Crippen LogP contribution in [0.15, 0.2) is 42.5 Å². The molecule has 1 heterocycles. The summed E-state index contributed by atoms with van der Waals surface area (Å²) in [6, 6.07) is 15.8. The molecular weight excluding hydrogens is 278 g/mol. The Morgan fingerprint density at radius 3 is 2.30 bits per heavy atom. The molecule has 0 N–H and O–H groups in total. The quantitative estimate of drug-likeness (QED) is 0.560. The third kappa shape index (κ3) is 2.65. The Balaban J connectivity index is 2.47. The number of pyridine rings is 1. The molecular formula is C22H26N+. The molecule has 0 fully saturated rings. The second-order valence-corrected chi connectivity index (χ2v) is 6.97. The Labute approximate surface area is 139 Å². The maximum atomic E-state index is 2.33. The smallest absolute Gasteiger partial charge is 0.198 e. The summed E-state index contributed by atoms with van der Waals surface area (Å²) in [5.74, 6) is 0.525. The fourth-order valence-corrected chi connectivity index (χ4v) is 3.43. The molecule has 0 saturated carbocycles. The van der Waals surface area contributed by atoms with Crippen molar-refractivity contribution >= 4 is 10.8 Å². The van der Waals surface area contributed by atoms with E-state index in [1.807, 2.05) is 0 Å². The standard InChI is InChI=1S/C22H26N/c1-14(2)18-8-7-9-19-21(18)13-17(5)23(6)22(19)20-12-15(3)10-11-16(20)4/h7-14H,1-6H3/q+1. The average Bonchev–Trinajstić information content (AvgIpc) is 2.51. The van der Waals surface area contributed by atoms with Crippen molar-refractivity contribution < 1.29 is 4.57 Å². The molecule has 0 saturated heterocycles.